The Balaban J connectivity index is 1.29. The molecule has 0 unspecified atom stereocenters. The fourth-order valence-corrected chi connectivity index (χ4v) is 3.54. The highest BCUT2D eigenvalue weighted by Crippen LogP contribution is 2.26. The van der Waals surface area contributed by atoms with E-state index < -0.39 is 0 Å². The number of aryl methyl sites for hydroxylation is 1. The zero-order valence-corrected chi connectivity index (χ0v) is 16.2. The molecule has 28 heavy (non-hydrogen) atoms. The number of rotatable bonds is 5. The summed E-state index contributed by atoms with van der Waals surface area (Å²) < 4.78 is 5.68. The van der Waals surface area contributed by atoms with E-state index in [1.54, 1.807) is 6.07 Å². The van der Waals surface area contributed by atoms with E-state index in [-0.39, 0.29) is 5.91 Å². The minimum absolute atomic E-state index is 0.116. The minimum Gasteiger partial charge on any atom is -0.421 e. The topological polar surface area (TPSA) is 62.5 Å². The molecule has 1 aliphatic heterocycles. The van der Waals surface area contributed by atoms with Gasteiger partial charge in [-0.3, -0.25) is 4.79 Å². The van der Waals surface area contributed by atoms with Gasteiger partial charge in [0.05, 0.1) is 10.6 Å². The summed E-state index contributed by atoms with van der Waals surface area (Å²) >= 11 is 6.16. The van der Waals surface area contributed by atoms with Crippen LogP contribution < -0.4 is 4.90 Å². The summed E-state index contributed by atoms with van der Waals surface area (Å²) in [6.07, 6.45) is 0.782. The number of anilines is 1. The van der Waals surface area contributed by atoms with Crippen molar-refractivity contribution in [2.45, 2.75) is 12.8 Å². The Morgan fingerprint density at radius 1 is 0.964 bits per heavy atom. The number of hydrogen-bond donors (Lipinski definition) is 0. The molecule has 7 heteroatoms. The lowest BCUT2D eigenvalue weighted by Gasteiger charge is -2.36. The van der Waals surface area contributed by atoms with Crippen LogP contribution in [0.3, 0.4) is 0 Å². The van der Waals surface area contributed by atoms with Crippen LogP contribution in [0.4, 0.5) is 5.69 Å². The van der Waals surface area contributed by atoms with Gasteiger partial charge in [-0.05, 0) is 24.3 Å². The smallest absolute Gasteiger partial charge is 0.249 e. The number of hydrogen-bond acceptors (Lipinski definition) is 5. The molecule has 0 saturated carbocycles. The fourth-order valence-electron chi connectivity index (χ4n) is 3.32. The molecular formula is C21H21ClN4O2. The van der Waals surface area contributed by atoms with Gasteiger partial charge in [0, 0.05) is 44.7 Å². The Bertz CT molecular complexity index is 936. The molecular weight excluding hydrogens is 376 g/mol. The Morgan fingerprint density at radius 2 is 1.68 bits per heavy atom. The first-order valence-electron chi connectivity index (χ1n) is 9.36. The molecule has 144 valence electrons. The van der Waals surface area contributed by atoms with Gasteiger partial charge in [0.2, 0.25) is 17.7 Å². The summed E-state index contributed by atoms with van der Waals surface area (Å²) in [4.78, 5) is 16.8. The van der Waals surface area contributed by atoms with E-state index in [0.29, 0.717) is 35.2 Å². The molecule has 1 amide bonds. The number of nitrogens with zero attached hydrogens (tertiary/aromatic N) is 4. The molecule has 0 atom stereocenters. The van der Waals surface area contributed by atoms with Crippen LogP contribution in [0.1, 0.15) is 12.3 Å². The highest BCUT2D eigenvalue weighted by Gasteiger charge is 2.22. The quantitative estimate of drug-likeness (QED) is 0.658. The number of piperazine rings is 1. The molecule has 3 aromatic rings. The van der Waals surface area contributed by atoms with Crippen LogP contribution in [-0.2, 0) is 11.2 Å². The number of aromatic nitrogens is 2. The lowest BCUT2D eigenvalue weighted by atomic mass is 10.2. The number of benzene rings is 2. The standard InChI is InChI=1S/C21H21ClN4O2/c22-18-9-5-4-8-17(18)21-24-23-19(28-21)10-11-20(27)26-14-12-25(13-15-26)16-6-2-1-3-7-16/h1-9H,10-15H2. The summed E-state index contributed by atoms with van der Waals surface area (Å²) in [7, 11) is 0. The van der Waals surface area contributed by atoms with Crippen LogP contribution in [0.15, 0.2) is 59.0 Å². The van der Waals surface area contributed by atoms with Crippen LogP contribution in [0.5, 0.6) is 0 Å². The van der Waals surface area contributed by atoms with Crippen molar-refractivity contribution in [1.29, 1.82) is 0 Å². The molecule has 4 rings (SSSR count). The zero-order valence-electron chi connectivity index (χ0n) is 15.4. The summed E-state index contributed by atoms with van der Waals surface area (Å²) in [6, 6.07) is 17.6. The molecule has 2 heterocycles. The molecule has 2 aromatic carbocycles. The minimum atomic E-state index is 0.116. The van der Waals surface area contributed by atoms with Crippen LogP contribution in [-0.4, -0.2) is 47.2 Å². The van der Waals surface area contributed by atoms with Crippen molar-refractivity contribution in [2.24, 2.45) is 0 Å². The zero-order chi connectivity index (χ0) is 19.3. The van der Waals surface area contributed by atoms with Crippen molar-refractivity contribution in [1.82, 2.24) is 15.1 Å². The number of para-hydroxylation sites is 1. The van der Waals surface area contributed by atoms with E-state index in [9.17, 15) is 4.79 Å². The van der Waals surface area contributed by atoms with Gasteiger partial charge in [-0.25, -0.2) is 0 Å². The summed E-state index contributed by atoms with van der Waals surface area (Å²) in [5.41, 5.74) is 1.90. The second kappa shape index (κ2) is 8.44. The Kier molecular flexibility index (Phi) is 5.58. The highest BCUT2D eigenvalue weighted by molar-refractivity contribution is 6.33. The highest BCUT2D eigenvalue weighted by atomic mass is 35.5. The average molecular weight is 397 g/mol. The molecule has 1 aromatic heterocycles. The van der Waals surface area contributed by atoms with Gasteiger partial charge in [-0.1, -0.05) is 41.9 Å². The van der Waals surface area contributed by atoms with Crippen molar-refractivity contribution in [3.05, 3.63) is 65.5 Å². The normalized spacial score (nSPS) is 14.3. The van der Waals surface area contributed by atoms with Gasteiger partial charge in [0.25, 0.3) is 0 Å². The molecule has 0 spiro atoms. The average Bonchev–Trinajstić information content (AvgIpc) is 3.22. The van der Waals surface area contributed by atoms with E-state index in [1.807, 2.05) is 41.3 Å². The maximum Gasteiger partial charge on any atom is 0.249 e. The van der Waals surface area contributed by atoms with Crippen LogP contribution >= 0.6 is 11.6 Å². The van der Waals surface area contributed by atoms with E-state index in [2.05, 4.69) is 27.2 Å². The third-order valence-electron chi connectivity index (χ3n) is 4.88. The van der Waals surface area contributed by atoms with E-state index >= 15 is 0 Å². The van der Waals surface area contributed by atoms with Gasteiger partial charge < -0.3 is 14.2 Å². The monoisotopic (exact) mass is 396 g/mol. The fraction of sp³-hybridized carbons (Fsp3) is 0.286. The third-order valence-corrected chi connectivity index (χ3v) is 5.21. The van der Waals surface area contributed by atoms with Crippen molar-refractivity contribution >= 4 is 23.2 Å². The second-order valence-electron chi connectivity index (χ2n) is 6.68. The van der Waals surface area contributed by atoms with Gasteiger partial charge >= 0.3 is 0 Å². The number of halogens is 1. The molecule has 1 saturated heterocycles. The van der Waals surface area contributed by atoms with Crippen molar-refractivity contribution < 1.29 is 9.21 Å². The number of carbonyl (C=O) groups excluding carboxylic acids is 1. The molecule has 0 bridgehead atoms. The van der Waals surface area contributed by atoms with Crippen LogP contribution in [0.2, 0.25) is 5.02 Å². The van der Waals surface area contributed by atoms with Gasteiger partial charge in [-0.2, -0.15) is 0 Å². The summed E-state index contributed by atoms with van der Waals surface area (Å²) in [5.74, 6) is 0.945. The molecule has 0 radical (unpaired) electrons. The lowest BCUT2D eigenvalue weighted by molar-refractivity contribution is -0.131. The van der Waals surface area contributed by atoms with E-state index in [1.165, 1.54) is 5.69 Å². The predicted molar refractivity (Wildman–Crippen MR) is 108 cm³/mol. The Hall–Kier alpha value is -2.86. The van der Waals surface area contributed by atoms with Crippen LogP contribution in [0.25, 0.3) is 11.5 Å². The van der Waals surface area contributed by atoms with Gasteiger partial charge in [-0.15, -0.1) is 10.2 Å². The maximum atomic E-state index is 12.5. The third kappa shape index (κ3) is 4.17. The molecule has 0 N–H and O–H groups in total. The van der Waals surface area contributed by atoms with E-state index in [4.69, 9.17) is 16.0 Å². The molecule has 0 aliphatic carbocycles. The molecule has 1 aliphatic rings. The van der Waals surface area contributed by atoms with Crippen molar-refractivity contribution in [3.63, 3.8) is 0 Å². The summed E-state index contributed by atoms with van der Waals surface area (Å²) in [6.45, 7) is 3.13. The summed E-state index contributed by atoms with van der Waals surface area (Å²) in [5, 5.41) is 8.66. The Morgan fingerprint density at radius 3 is 2.43 bits per heavy atom. The lowest BCUT2D eigenvalue weighted by Crippen LogP contribution is -2.48. The first kappa shape index (κ1) is 18.5. The maximum absolute atomic E-state index is 12.5. The van der Waals surface area contributed by atoms with Crippen LogP contribution in [0, 0.1) is 0 Å². The van der Waals surface area contributed by atoms with E-state index in [0.717, 1.165) is 26.2 Å². The molecule has 1 fully saturated rings. The first-order valence-corrected chi connectivity index (χ1v) is 9.73. The van der Waals surface area contributed by atoms with Gasteiger partial charge in [0.15, 0.2) is 0 Å². The SMILES string of the molecule is O=C(CCc1nnc(-c2ccccc2Cl)o1)N1CCN(c2ccccc2)CC1. The predicted octanol–water partition coefficient (Wildman–Crippen LogP) is 3.67. The van der Waals surface area contributed by atoms with Crippen molar-refractivity contribution in [2.75, 3.05) is 31.1 Å². The second-order valence-corrected chi connectivity index (χ2v) is 7.09. The Labute approximate surface area is 168 Å². The largest absolute Gasteiger partial charge is 0.421 e. The molecule has 6 nitrogen and oxygen atoms in total. The van der Waals surface area contributed by atoms with Crippen molar-refractivity contribution in [3.8, 4) is 11.5 Å². The number of amides is 1. The van der Waals surface area contributed by atoms with Gasteiger partial charge in [0.1, 0.15) is 0 Å². The first-order chi connectivity index (χ1) is 13.7. The number of carbonyl (C=O) groups is 1.